The van der Waals surface area contributed by atoms with Crippen molar-refractivity contribution >= 4 is 40.6 Å². The maximum absolute atomic E-state index is 12.3. The standard InChI is InChI=1S/C19H18ClNO4S/c20-15-5-3-13(4-6-15)16(22)12-25-19(24)14-7-9-21(10-8-14)18(23)17-2-1-11-26-17/h1-6,11,14H,7-10,12H2. The van der Waals surface area contributed by atoms with Gasteiger partial charge >= 0.3 is 5.97 Å². The van der Waals surface area contributed by atoms with Crippen molar-refractivity contribution < 1.29 is 19.1 Å². The molecule has 1 aromatic heterocycles. The number of ketones is 1. The van der Waals surface area contributed by atoms with Crippen LogP contribution in [0.4, 0.5) is 0 Å². The van der Waals surface area contributed by atoms with Crippen LogP contribution in [0.2, 0.25) is 5.02 Å². The molecule has 3 rings (SSSR count). The monoisotopic (exact) mass is 391 g/mol. The lowest BCUT2D eigenvalue weighted by Crippen LogP contribution is -2.40. The van der Waals surface area contributed by atoms with Gasteiger partial charge in [0.25, 0.3) is 5.91 Å². The largest absolute Gasteiger partial charge is 0.457 e. The molecule has 0 N–H and O–H groups in total. The van der Waals surface area contributed by atoms with Crippen molar-refractivity contribution in [1.82, 2.24) is 4.90 Å². The van der Waals surface area contributed by atoms with E-state index in [1.807, 2.05) is 11.4 Å². The van der Waals surface area contributed by atoms with Crippen molar-refractivity contribution in [3.05, 3.63) is 57.2 Å². The molecular formula is C19H18ClNO4S. The lowest BCUT2D eigenvalue weighted by atomic mass is 9.97. The molecule has 2 heterocycles. The summed E-state index contributed by atoms with van der Waals surface area (Å²) >= 11 is 7.20. The Hall–Kier alpha value is -2.18. The summed E-state index contributed by atoms with van der Waals surface area (Å²) in [6, 6.07) is 10.1. The molecule has 0 unspecified atom stereocenters. The highest BCUT2D eigenvalue weighted by atomic mass is 35.5. The average Bonchev–Trinajstić information content (AvgIpc) is 3.20. The highest BCUT2D eigenvalue weighted by Crippen LogP contribution is 2.22. The van der Waals surface area contributed by atoms with Crippen LogP contribution in [0.3, 0.4) is 0 Å². The summed E-state index contributed by atoms with van der Waals surface area (Å²) in [4.78, 5) is 39.0. The molecule has 0 spiro atoms. The van der Waals surface area contributed by atoms with Gasteiger partial charge in [0.1, 0.15) is 0 Å². The van der Waals surface area contributed by atoms with Gasteiger partial charge in [-0.2, -0.15) is 0 Å². The molecule has 1 saturated heterocycles. The Morgan fingerprint density at radius 3 is 2.42 bits per heavy atom. The molecule has 1 fully saturated rings. The number of amides is 1. The number of nitrogens with zero attached hydrogens (tertiary/aromatic N) is 1. The van der Waals surface area contributed by atoms with E-state index in [0.29, 0.717) is 41.4 Å². The number of ether oxygens (including phenoxy) is 1. The summed E-state index contributed by atoms with van der Waals surface area (Å²) < 4.78 is 5.17. The maximum atomic E-state index is 12.3. The fraction of sp³-hybridized carbons (Fsp3) is 0.316. The highest BCUT2D eigenvalue weighted by Gasteiger charge is 2.29. The summed E-state index contributed by atoms with van der Waals surface area (Å²) in [5.74, 6) is -0.916. The number of carbonyl (C=O) groups is 3. The third-order valence-corrected chi connectivity index (χ3v) is 5.47. The van der Waals surface area contributed by atoms with Crippen LogP contribution in [0.5, 0.6) is 0 Å². The van der Waals surface area contributed by atoms with E-state index < -0.39 is 0 Å². The van der Waals surface area contributed by atoms with Crippen LogP contribution in [0.1, 0.15) is 32.9 Å². The summed E-state index contributed by atoms with van der Waals surface area (Å²) in [5.41, 5.74) is 0.457. The molecule has 0 bridgehead atoms. The molecule has 1 aliphatic rings. The molecule has 2 aromatic rings. The number of halogens is 1. The summed E-state index contributed by atoms with van der Waals surface area (Å²) in [7, 11) is 0. The van der Waals surface area contributed by atoms with Gasteiger partial charge in [0.15, 0.2) is 12.4 Å². The van der Waals surface area contributed by atoms with E-state index in [0.717, 1.165) is 0 Å². The summed E-state index contributed by atoms with van der Waals surface area (Å²) in [6.07, 6.45) is 1.09. The molecule has 1 aliphatic heterocycles. The number of carbonyl (C=O) groups excluding carboxylic acids is 3. The molecule has 0 saturated carbocycles. The Balaban J connectivity index is 1.45. The van der Waals surface area contributed by atoms with Gasteiger partial charge in [-0.3, -0.25) is 14.4 Å². The van der Waals surface area contributed by atoms with Crippen molar-refractivity contribution in [1.29, 1.82) is 0 Å². The van der Waals surface area contributed by atoms with E-state index in [1.165, 1.54) is 11.3 Å². The third-order valence-electron chi connectivity index (χ3n) is 4.36. The van der Waals surface area contributed by atoms with E-state index >= 15 is 0 Å². The molecule has 1 aromatic carbocycles. The number of thiophene rings is 1. The van der Waals surface area contributed by atoms with E-state index in [4.69, 9.17) is 16.3 Å². The highest BCUT2D eigenvalue weighted by molar-refractivity contribution is 7.12. The Kier molecular flexibility index (Phi) is 6.06. The number of hydrogen-bond acceptors (Lipinski definition) is 5. The minimum Gasteiger partial charge on any atom is -0.457 e. The van der Waals surface area contributed by atoms with Crippen LogP contribution in [-0.4, -0.2) is 42.3 Å². The normalized spacial score (nSPS) is 14.9. The van der Waals surface area contributed by atoms with Crippen LogP contribution < -0.4 is 0 Å². The van der Waals surface area contributed by atoms with Crippen LogP contribution in [-0.2, 0) is 9.53 Å². The predicted octanol–water partition coefficient (Wildman–Crippen LogP) is 3.68. The molecule has 0 aliphatic carbocycles. The van der Waals surface area contributed by atoms with Gasteiger partial charge in [-0.05, 0) is 48.6 Å². The first-order valence-electron chi connectivity index (χ1n) is 8.33. The Labute approximate surface area is 160 Å². The quantitative estimate of drug-likeness (QED) is 0.576. The average molecular weight is 392 g/mol. The van der Waals surface area contributed by atoms with Gasteiger partial charge in [-0.15, -0.1) is 11.3 Å². The van der Waals surface area contributed by atoms with Crippen molar-refractivity contribution in [2.24, 2.45) is 5.92 Å². The molecule has 26 heavy (non-hydrogen) atoms. The van der Waals surface area contributed by atoms with Gasteiger partial charge in [-0.25, -0.2) is 0 Å². The predicted molar refractivity (Wildman–Crippen MR) is 99.7 cm³/mol. The van der Waals surface area contributed by atoms with Gasteiger partial charge in [0.2, 0.25) is 0 Å². The Morgan fingerprint density at radius 1 is 1.12 bits per heavy atom. The molecule has 7 heteroatoms. The van der Waals surface area contributed by atoms with Gasteiger partial charge in [-0.1, -0.05) is 17.7 Å². The van der Waals surface area contributed by atoms with E-state index in [2.05, 4.69) is 0 Å². The lowest BCUT2D eigenvalue weighted by molar-refractivity contribution is -0.148. The number of Topliss-reactive ketones (excluding diaryl/α,β-unsaturated/α-hetero) is 1. The number of rotatable bonds is 5. The van der Waals surface area contributed by atoms with Crippen LogP contribution in [0.25, 0.3) is 0 Å². The van der Waals surface area contributed by atoms with Gasteiger partial charge < -0.3 is 9.64 Å². The molecule has 1 amide bonds. The van der Waals surface area contributed by atoms with Crippen LogP contribution in [0.15, 0.2) is 41.8 Å². The second-order valence-corrected chi connectivity index (χ2v) is 7.47. The number of hydrogen-bond donors (Lipinski definition) is 0. The zero-order valence-corrected chi connectivity index (χ0v) is 15.6. The molecule has 136 valence electrons. The Bertz CT molecular complexity index is 780. The Morgan fingerprint density at radius 2 is 1.81 bits per heavy atom. The second kappa shape index (κ2) is 8.47. The van der Waals surface area contributed by atoms with Gasteiger partial charge in [0, 0.05) is 23.7 Å². The molecule has 0 radical (unpaired) electrons. The van der Waals surface area contributed by atoms with E-state index in [9.17, 15) is 14.4 Å². The molecular weight excluding hydrogens is 374 g/mol. The van der Waals surface area contributed by atoms with Gasteiger partial charge in [0.05, 0.1) is 10.8 Å². The zero-order valence-electron chi connectivity index (χ0n) is 14.0. The first-order valence-corrected chi connectivity index (χ1v) is 9.58. The molecule has 5 nitrogen and oxygen atoms in total. The maximum Gasteiger partial charge on any atom is 0.309 e. The number of piperidine rings is 1. The van der Waals surface area contributed by atoms with Crippen molar-refractivity contribution in [2.45, 2.75) is 12.8 Å². The van der Waals surface area contributed by atoms with Crippen molar-refractivity contribution in [3.63, 3.8) is 0 Å². The first kappa shape index (κ1) is 18.6. The number of esters is 1. The fourth-order valence-corrected chi connectivity index (χ4v) is 3.66. The third kappa shape index (κ3) is 4.51. The first-order chi connectivity index (χ1) is 12.5. The topological polar surface area (TPSA) is 63.7 Å². The lowest BCUT2D eigenvalue weighted by Gasteiger charge is -2.30. The minimum atomic E-state index is -0.379. The minimum absolute atomic E-state index is 0.00438. The van der Waals surface area contributed by atoms with Crippen molar-refractivity contribution in [3.8, 4) is 0 Å². The number of benzene rings is 1. The van der Waals surface area contributed by atoms with Crippen LogP contribution >= 0.6 is 22.9 Å². The number of likely N-dealkylation sites (tertiary alicyclic amines) is 1. The SMILES string of the molecule is O=C(COC(=O)C1CCN(C(=O)c2cccs2)CC1)c1ccc(Cl)cc1. The molecule has 0 atom stereocenters. The zero-order chi connectivity index (χ0) is 18.5. The smallest absolute Gasteiger partial charge is 0.309 e. The van der Waals surface area contributed by atoms with Crippen LogP contribution in [0, 0.1) is 5.92 Å². The summed E-state index contributed by atoms with van der Waals surface area (Å²) in [6.45, 7) is 0.748. The summed E-state index contributed by atoms with van der Waals surface area (Å²) in [5, 5.41) is 2.41. The fourth-order valence-electron chi connectivity index (χ4n) is 2.85. The van der Waals surface area contributed by atoms with Crippen molar-refractivity contribution in [2.75, 3.05) is 19.7 Å². The second-order valence-electron chi connectivity index (χ2n) is 6.08. The van der Waals surface area contributed by atoms with E-state index in [-0.39, 0.29) is 30.2 Å². The van der Waals surface area contributed by atoms with E-state index in [1.54, 1.807) is 35.2 Å².